The minimum Gasteiger partial charge on any atom is -0.298 e. The number of nitrogens with one attached hydrogen (secondary N) is 1. The summed E-state index contributed by atoms with van der Waals surface area (Å²) < 4.78 is 37.6. The van der Waals surface area contributed by atoms with Crippen LogP contribution in [0.15, 0.2) is 35.7 Å². The first kappa shape index (κ1) is 15.2. The van der Waals surface area contributed by atoms with Crippen molar-refractivity contribution in [3.63, 3.8) is 0 Å². The molecule has 0 aliphatic heterocycles. The van der Waals surface area contributed by atoms with E-state index in [0.29, 0.717) is 10.7 Å². The molecule has 0 saturated heterocycles. The molecule has 2 aromatic rings. The molecule has 0 radical (unpaired) electrons. The van der Waals surface area contributed by atoms with Crippen molar-refractivity contribution in [2.75, 3.05) is 5.32 Å². The Kier molecular flexibility index (Phi) is 4.42. The molecule has 0 aliphatic rings. The van der Waals surface area contributed by atoms with Crippen LogP contribution in [0.4, 0.5) is 18.3 Å². The third kappa shape index (κ3) is 4.42. The van der Waals surface area contributed by atoms with Gasteiger partial charge < -0.3 is 0 Å². The normalized spacial score (nSPS) is 11.8. The number of rotatable bonds is 3. The summed E-state index contributed by atoms with van der Waals surface area (Å²) in [6.45, 7) is 1.80. The minimum atomic E-state index is -4.40. The van der Waals surface area contributed by atoms with Gasteiger partial charge in [0.2, 0.25) is 5.91 Å². The molecule has 0 atom stereocenters. The maximum absolute atomic E-state index is 12.5. The van der Waals surface area contributed by atoms with Crippen molar-refractivity contribution in [2.24, 2.45) is 0 Å². The second-order valence-electron chi connectivity index (χ2n) is 4.24. The van der Waals surface area contributed by atoms with Crippen molar-refractivity contribution < 1.29 is 18.0 Å². The van der Waals surface area contributed by atoms with Crippen LogP contribution in [0.5, 0.6) is 0 Å². The second kappa shape index (κ2) is 6.09. The summed E-state index contributed by atoms with van der Waals surface area (Å²) >= 11 is 1.28. The molecule has 0 bridgehead atoms. The summed E-state index contributed by atoms with van der Waals surface area (Å²) in [6, 6.07) is 4.75. The summed E-state index contributed by atoms with van der Waals surface area (Å²) in [5.74, 6) is -0.443. The Labute approximate surface area is 123 Å². The van der Waals surface area contributed by atoms with Crippen LogP contribution in [0.1, 0.15) is 16.8 Å². The number of aryl methyl sites for hydroxylation is 1. The van der Waals surface area contributed by atoms with E-state index >= 15 is 0 Å². The van der Waals surface area contributed by atoms with E-state index in [1.54, 1.807) is 12.3 Å². The quantitative estimate of drug-likeness (QED) is 0.866. The summed E-state index contributed by atoms with van der Waals surface area (Å²) in [5.41, 5.74) is 0.341. The van der Waals surface area contributed by atoms with Gasteiger partial charge in [-0.2, -0.15) is 13.2 Å². The largest absolute Gasteiger partial charge is 0.416 e. The van der Waals surface area contributed by atoms with Gasteiger partial charge in [-0.25, -0.2) is 4.98 Å². The van der Waals surface area contributed by atoms with Gasteiger partial charge in [0.25, 0.3) is 0 Å². The van der Waals surface area contributed by atoms with E-state index in [9.17, 15) is 18.0 Å². The number of aromatic nitrogens is 1. The highest BCUT2D eigenvalue weighted by molar-refractivity contribution is 7.13. The van der Waals surface area contributed by atoms with E-state index in [-0.39, 0.29) is 0 Å². The van der Waals surface area contributed by atoms with Crippen LogP contribution >= 0.6 is 11.3 Å². The average molecular weight is 312 g/mol. The van der Waals surface area contributed by atoms with E-state index in [2.05, 4.69) is 10.3 Å². The molecule has 110 valence electrons. The number of hydrogen-bond acceptors (Lipinski definition) is 3. The lowest BCUT2D eigenvalue weighted by Gasteiger charge is -2.06. The topological polar surface area (TPSA) is 42.0 Å². The number of thiazole rings is 1. The zero-order valence-corrected chi connectivity index (χ0v) is 11.8. The molecule has 7 heteroatoms. The number of carbonyl (C=O) groups is 1. The molecule has 1 aromatic heterocycles. The predicted molar refractivity (Wildman–Crippen MR) is 76.0 cm³/mol. The highest BCUT2D eigenvalue weighted by Gasteiger charge is 2.30. The number of benzene rings is 1. The second-order valence-corrected chi connectivity index (χ2v) is 5.10. The highest BCUT2D eigenvalue weighted by atomic mass is 32.1. The molecular weight excluding hydrogens is 301 g/mol. The summed E-state index contributed by atoms with van der Waals surface area (Å²) in [6.07, 6.45) is -1.90. The van der Waals surface area contributed by atoms with Crippen LogP contribution in [-0.4, -0.2) is 10.9 Å². The van der Waals surface area contributed by atoms with Gasteiger partial charge in [0.05, 0.1) is 11.3 Å². The third-order valence-electron chi connectivity index (χ3n) is 2.49. The molecule has 21 heavy (non-hydrogen) atoms. The third-order valence-corrected chi connectivity index (χ3v) is 3.37. The van der Waals surface area contributed by atoms with Crippen molar-refractivity contribution in [3.05, 3.63) is 52.5 Å². The molecule has 0 spiro atoms. The number of halogens is 3. The van der Waals surface area contributed by atoms with Gasteiger partial charge in [-0.05, 0) is 30.7 Å². The lowest BCUT2D eigenvalue weighted by Crippen LogP contribution is -2.07. The first-order valence-corrected chi connectivity index (χ1v) is 6.81. The maximum Gasteiger partial charge on any atom is 0.416 e. The van der Waals surface area contributed by atoms with E-state index < -0.39 is 17.6 Å². The van der Waals surface area contributed by atoms with E-state index in [4.69, 9.17) is 0 Å². The van der Waals surface area contributed by atoms with Crippen LogP contribution in [0, 0.1) is 6.92 Å². The lowest BCUT2D eigenvalue weighted by atomic mass is 10.1. The molecule has 1 amide bonds. The number of anilines is 1. The number of nitrogens with zero attached hydrogens (tertiary/aromatic N) is 1. The first-order valence-electron chi connectivity index (χ1n) is 5.93. The Hall–Kier alpha value is -2.15. The zero-order chi connectivity index (χ0) is 15.5. The summed E-state index contributed by atoms with van der Waals surface area (Å²) in [5, 5.41) is 4.77. The minimum absolute atomic E-state index is 0.301. The Morgan fingerprint density at radius 1 is 1.38 bits per heavy atom. The molecule has 0 aliphatic carbocycles. The molecule has 3 nitrogen and oxygen atoms in total. The average Bonchev–Trinajstić information content (AvgIpc) is 2.81. The molecule has 1 heterocycles. The SMILES string of the molecule is Cc1csc(NC(=O)/C=C/c2cccc(C(F)(F)F)c2)n1. The maximum atomic E-state index is 12.5. The summed E-state index contributed by atoms with van der Waals surface area (Å²) in [4.78, 5) is 15.7. The summed E-state index contributed by atoms with van der Waals surface area (Å²) in [7, 11) is 0. The fraction of sp³-hybridized carbons (Fsp3) is 0.143. The van der Waals surface area contributed by atoms with E-state index in [1.165, 1.54) is 35.6 Å². The molecule has 0 fully saturated rings. The molecule has 0 unspecified atom stereocenters. The molecule has 0 saturated carbocycles. The number of amides is 1. The van der Waals surface area contributed by atoms with Gasteiger partial charge in [0, 0.05) is 11.5 Å². The van der Waals surface area contributed by atoms with Crippen LogP contribution in [-0.2, 0) is 11.0 Å². The molecular formula is C14H11F3N2OS. The van der Waals surface area contributed by atoms with Crippen molar-refractivity contribution in [3.8, 4) is 0 Å². The van der Waals surface area contributed by atoms with Crippen molar-refractivity contribution in [1.29, 1.82) is 0 Å². The van der Waals surface area contributed by atoms with Gasteiger partial charge in [0.15, 0.2) is 5.13 Å². The fourth-order valence-corrected chi connectivity index (χ4v) is 2.24. The molecule has 1 aromatic carbocycles. The van der Waals surface area contributed by atoms with Gasteiger partial charge in [-0.1, -0.05) is 12.1 Å². The Morgan fingerprint density at radius 2 is 2.14 bits per heavy atom. The monoisotopic (exact) mass is 312 g/mol. The van der Waals surface area contributed by atoms with E-state index in [0.717, 1.165) is 17.8 Å². The highest BCUT2D eigenvalue weighted by Crippen LogP contribution is 2.29. The van der Waals surface area contributed by atoms with E-state index in [1.807, 2.05) is 0 Å². The van der Waals surface area contributed by atoms with Gasteiger partial charge in [0.1, 0.15) is 0 Å². The van der Waals surface area contributed by atoms with Gasteiger partial charge in [-0.3, -0.25) is 10.1 Å². The molecule has 1 N–H and O–H groups in total. The van der Waals surface area contributed by atoms with Gasteiger partial charge in [-0.15, -0.1) is 11.3 Å². The number of hydrogen-bond donors (Lipinski definition) is 1. The van der Waals surface area contributed by atoms with Crippen molar-refractivity contribution in [1.82, 2.24) is 4.98 Å². The Morgan fingerprint density at radius 3 is 2.76 bits per heavy atom. The standard InChI is InChI=1S/C14H11F3N2OS/c1-9-8-21-13(18-9)19-12(20)6-5-10-3-2-4-11(7-10)14(15,16)17/h2-8H,1H3,(H,18,19,20)/b6-5+. The number of alkyl halides is 3. The first-order chi connectivity index (χ1) is 9.84. The van der Waals surface area contributed by atoms with Gasteiger partial charge >= 0.3 is 6.18 Å². The smallest absolute Gasteiger partial charge is 0.298 e. The molecule has 2 rings (SSSR count). The van der Waals surface area contributed by atoms with Crippen LogP contribution in [0.25, 0.3) is 6.08 Å². The zero-order valence-electron chi connectivity index (χ0n) is 10.9. The number of carbonyl (C=O) groups excluding carboxylic acids is 1. The fourth-order valence-electron chi connectivity index (χ4n) is 1.55. The lowest BCUT2D eigenvalue weighted by molar-refractivity contribution is -0.137. The van der Waals surface area contributed by atoms with Crippen LogP contribution < -0.4 is 5.32 Å². The van der Waals surface area contributed by atoms with Crippen molar-refractivity contribution in [2.45, 2.75) is 13.1 Å². The van der Waals surface area contributed by atoms with Crippen LogP contribution in [0.2, 0.25) is 0 Å². The predicted octanol–water partition coefficient (Wildman–Crippen LogP) is 4.12. The Bertz CT molecular complexity index is 677. The Balaban J connectivity index is 2.05. The van der Waals surface area contributed by atoms with Crippen molar-refractivity contribution >= 4 is 28.5 Å². The van der Waals surface area contributed by atoms with Crippen LogP contribution in [0.3, 0.4) is 0 Å².